The lowest BCUT2D eigenvalue weighted by Gasteiger charge is -1.99. The van der Waals surface area contributed by atoms with E-state index in [0.29, 0.717) is 0 Å². The Kier molecular flexibility index (Phi) is 10.1. The van der Waals surface area contributed by atoms with E-state index in [1.165, 1.54) is 25.7 Å². The second-order valence-corrected chi connectivity index (χ2v) is 9.02. The maximum atomic E-state index is 4.25. The molecule has 0 saturated carbocycles. The molecule has 2 rings (SSSR count). The lowest BCUT2D eigenvalue weighted by Crippen LogP contribution is -1.99. The Morgan fingerprint density at radius 3 is 1.68 bits per heavy atom. The van der Waals surface area contributed by atoms with E-state index in [1.54, 1.807) is 22.7 Å². The highest BCUT2D eigenvalue weighted by Gasteiger charge is 2.05. The van der Waals surface area contributed by atoms with E-state index >= 15 is 0 Å². The molecule has 0 fully saturated rings. The van der Waals surface area contributed by atoms with E-state index in [1.807, 2.05) is 11.8 Å². The highest BCUT2D eigenvalue weighted by molar-refractivity contribution is 7.99. The minimum absolute atomic E-state index is 0.949. The average Bonchev–Trinajstić information content (AvgIpc) is 3.25. The van der Waals surface area contributed by atoms with Crippen molar-refractivity contribution in [3.05, 3.63) is 10.0 Å². The van der Waals surface area contributed by atoms with Gasteiger partial charge in [0.25, 0.3) is 0 Å². The normalized spacial score (nSPS) is 11.0. The van der Waals surface area contributed by atoms with Gasteiger partial charge in [-0.15, -0.1) is 20.4 Å². The van der Waals surface area contributed by atoms with E-state index in [4.69, 9.17) is 0 Å². The van der Waals surface area contributed by atoms with Crippen molar-refractivity contribution in [1.29, 1.82) is 0 Å². The van der Waals surface area contributed by atoms with E-state index in [9.17, 15) is 0 Å². The van der Waals surface area contributed by atoms with Gasteiger partial charge in [0, 0.05) is 25.9 Å². The molecular weight excluding hydrogens is 372 g/mol. The molecule has 0 atom stereocenters. The number of rotatable bonds is 14. The van der Waals surface area contributed by atoms with Crippen molar-refractivity contribution >= 4 is 44.7 Å². The third kappa shape index (κ3) is 8.33. The van der Waals surface area contributed by atoms with Crippen molar-refractivity contribution in [3.63, 3.8) is 0 Å². The molecule has 0 unspecified atom stereocenters. The molecule has 0 aliphatic heterocycles. The van der Waals surface area contributed by atoms with Crippen LogP contribution in [-0.4, -0.2) is 45.0 Å². The van der Waals surface area contributed by atoms with Crippen LogP contribution in [0.25, 0.3) is 0 Å². The first kappa shape index (κ1) is 20.4. The van der Waals surface area contributed by atoms with Crippen LogP contribution in [0.1, 0.15) is 49.5 Å². The number of hydrogen-bond acceptors (Lipinski definition) is 9. The Morgan fingerprint density at radius 1 is 0.760 bits per heavy atom. The molecule has 0 amide bonds. The highest BCUT2D eigenvalue weighted by Crippen LogP contribution is 2.19. The first-order valence-corrected chi connectivity index (χ1v) is 11.8. The van der Waals surface area contributed by atoms with Gasteiger partial charge in [-0.2, -0.15) is 11.8 Å². The van der Waals surface area contributed by atoms with Crippen LogP contribution < -0.4 is 10.6 Å². The molecule has 6 nitrogen and oxygen atoms in total. The number of aryl methyl sites for hydroxylation is 2. The molecule has 2 aromatic rings. The van der Waals surface area contributed by atoms with Crippen LogP contribution in [0.4, 0.5) is 10.3 Å². The smallest absolute Gasteiger partial charge is 0.205 e. The lowest BCUT2D eigenvalue weighted by atomic mass is 10.3. The zero-order valence-electron chi connectivity index (χ0n) is 15.1. The van der Waals surface area contributed by atoms with Crippen molar-refractivity contribution < 1.29 is 0 Å². The second-order valence-electron chi connectivity index (χ2n) is 5.67. The fourth-order valence-corrected chi connectivity index (χ4v) is 4.68. The summed E-state index contributed by atoms with van der Waals surface area (Å²) >= 11 is 5.29. The largest absolute Gasteiger partial charge is 0.360 e. The number of thioether (sulfide) groups is 1. The van der Waals surface area contributed by atoms with Gasteiger partial charge in [-0.05, 0) is 24.3 Å². The Hall–Kier alpha value is -0.930. The molecule has 9 heteroatoms. The molecule has 2 N–H and O–H groups in total. The van der Waals surface area contributed by atoms with Gasteiger partial charge in [-0.1, -0.05) is 49.4 Å². The Morgan fingerprint density at radius 2 is 1.24 bits per heavy atom. The first-order chi connectivity index (χ1) is 12.3. The maximum absolute atomic E-state index is 4.25. The molecule has 0 saturated heterocycles. The average molecular weight is 401 g/mol. The summed E-state index contributed by atoms with van der Waals surface area (Å²) in [6.07, 6.45) is 6.70. The van der Waals surface area contributed by atoms with Gasteiger partial charge in [-0.25, -0.2) is 0 Å². The highest BCUT2D eigenvalue weighted by atomic mass is 32.2. The number of nitrogens with zero attached hydrogens (tertiary/aromatic N) is 4. The summed E-state index contributed by atoms with van der Waals surface area (Å²) in [5.41, 5.74) is 0. The summed E-state index contributed by atoms with van der Waals surface area (Å²) in [6.45, 7) is 6.35. The summed E-state index contributed by atoms with van der Waals surface area (Å²) in [4.78, 5) is 0. The summed E-state index contributed by atoms with van der Waals surface area (Å²) in [5.74, 6) is 2.15. The molecule has 2 aromatic heterocycles. The number of hydrogen-bond donors (Lipinski definition) is 2. The van der Waals surface area contributed by atoms with E-state index in [2.05, 4.69) is 44.9 Å². The fourth-order valence-electron chi connectivity index (χ4n) is 2.02. The van der Waals surface area contributed by atoms with Gasteiger partial charge >= 0.3 is 0 Å². The standard InChI is InChI=1S/C16H28N6S3/c1-3-5-9-17-15-21-19-13(24-15)7-11-23-12-8-14-20-22-16(25-14)18-10-6-4-2/h3-12H2,1-2H3,(H,17,21)(H,18,22). The molecule has 0 spiro atoms. The third-order valence-corrected chi connectivity index (χ3v) is 6.33. The first-order valence-electron chi connectivity index (χ1n) is 9.02. The van der Waals surface area contributed by atoms with Crippen molar-refractivity contribution in [2.24, 2.45) is 0 Å². The molecule has 0 bridgehead atoms. The predicted molar refractivity (Wildman–Crippen MR) is 111 cm³/mol. The number of anilines is 2. The van der Waals surface area contributed by atoms with Crippen LogP contribution in [0.2, 0.25) is 0 Å². The number of unbranched alkanes of at least 4 members (excludes halogenated alkanes) is 2. The SMILES string of the molecule is CCCCNc1nnc(CCSCCc2nnc(NCCCC)s2)s1. The van der Waals surface area contributed by atoms with Crippen molar-refractivity contribution in [1.82, 2.24) is 20.4 Å². The second kappa shape index (κ2) is 12.4. The van der Waals surface area contributed by atoms with Crippen molar-refractivity contribution in [2.45, 2.75) is 52.4 Å². The molecule has 0 aliphatic rings. The van der Waals surface area contributed by atoms with Crippen LogP contribution in [-0.2, 0) is 12.8 Å². The third-order valence-electron chi connectivity index (χ3n) is 3.47. The Balaban J connectivity index is 1.56. The van der Waals surface area contributed by atoms with Gasteiger partial charge in [0.1, 0.15) is 10.0 Å². The van der Waals surface area contributed by atoms with Crippen molar-refractivity contribution in [3.8, 4) is 0 Å². The minimum Gasteiger partial charge on any atom is -0.360 e. The molecule has 2 heterocycles. The monoisotopic (exact) mass is 400 g/mol. The molecule has 0 radical (unpaired) electrons. The van der Waals surface area contributed by atoms with Crippen LogP contribution >= 0.6 is 34.4 Å². The van der Waals surface area contributed by atoms with Gasteiger partial charge in [0.2, 0.25) is 10.3 Å². The van der Waals surface area contributed by atoms with Crippen LogP contribution in [0.15, 0.2) is 0 Å². The maximum Gasteiger partial charge on any atom is 0.205 e. The fraction of sp³-hybridized carbons (Fsp3) is 0.750. The summed E-state index contributed by atoms with van der Waals surface area (Å²) in [6, 6.07) is 0. The van der Waals surface area contributed by atoms with E-state index in [0.717, 1.165) is 57.7 Å². The summed E-state index contributed by atoms with van der Waals surface area (Å²) in [7, 11) is 0. The van der Waals surface area contributed by atoms with Gasteiger partial charge < -0.3 is 10.6 Å². The summed E-state index contributed by atoms with van der Waals surface area (Å²) < 4.78 is 0. The Bertz CT molecular complexity index is 536. The van der Waals surface area contributed by atoms with Gasteiger partial charge in [-0.3, -0.25) is 0 Å². The van der Waals surface area contributed by atoms with Crippen molar-refractivity contribution in [2.75, 3.05) is 35.2 Å². The number of nitrogens with one attached hydrogen (secondary N) is 2. The quantitative estimate of drug-likeness (QED) is 0.457. The predicted octanol–water partition coefficient (Wildman–Crippen LogP) is 4.33. The molecule has 25 heavy (non-hydrogen) atoms. The molecular formula is C16H28N6S3. The number of aromatic nitrogens is 4. The van der Waals surface area contributed by atoms with Gasteiger partial charge in [0.05, 0.1) is 0 Å². The van der Waals surface area contributed by atoms with E-state index < -0.39 is 0 Å². The summed E-state index contributed by atoms with van der Waals surface area (Å²) in [5, 5.41) is 27.7. The molecule has 140 valence electrons. The topological polar surface area (TPSA) is 75.6 Å². The minimum atomic E-state index is 0.949. The zero-order valence-corrected chi connectivity index (χ0v) is 17.5. The van der Waals surface area contributed by atoms with Crippen LogP contribution in [0.3, 0.4) is 0 Å². The lowest BCUT2D eigenvalue weighted by molar-refractivity contribution is 0.830. The zero-order chi connectivity index (χ0) is 17.7. The van der Waals surface area contributed by atoms with Crippen LogP contribution in [0, 0.1) is 0 Å². The van der Waals surface area contributed by atoms with E-state index in [-0.39, 0.29) is 0 Å². The molecule has 0 aromatic carbocycles. The molecule has 0 aliphatic carbocycles. The van der Waals surface area contributed by atoms with Crippen LogP contribution in [0.5, 0.6) is 0 Å². The Labute approximate surface area is 162 Å². The van der Waals surface area contributed by atoms with Gasteiger partial charge in [0.15, 0.2) is 0 Å².